The standard InChI is InChI=1S/C53H68N6O11/c1-5-6-7-8-9-10-11-12-19-24-46(60)57-48(53(64)65)47-38-31-44(69-33-36-22-17-14-18-23-36)49(68-4)45(32-38)70-43-26-25-37(30-42(43)59(66)67)29-41(55-50(61)39(54)27-34(2)3)51(62)56-40(52(63)58-47)28-35-20-15-13-16-21-35/h13-18,20-23,25-26,30-32,34,39-41,47-48H,5-12,19,24,27-29,33,54H2,1-4H3,(H,55,61)(H,56,62)(H,57,60)(H,58,63)(H,64,65)/t39-,40+,41-,47-,48+/m1/s1. The van der Waals surface area contributed by atoms with E-state index in [1.807, 2.05) is 44.2 Å². The number of carboxylic acid groups (broad SMARTS) is 1. The fraction of sp³-hybridized carbons (Fsp3) is 0.453. The number of hydrogen-bond acceptors (Lipinski definition) is 11. The molecule has 0 unspecified atom stereocenters. The molecule has 0 saturated heterocycles. The number of benzene rings is 4. The number of nitrogens with zero attached hydrogens (tertiary/aromatic N) is 1. The number of fused-ring (bicyclic) bond motifs is 9. The summed E-state index contributed by atoms with van der Waals surface area (Å²) in [6.07, 6.45) is 8.98. The molecule has 0 radical (unpaired) electrons. The van der Waals surface area contributed by atoms with Gasteiger partial charge in [0.25, 0.3) is 0 Å². The van der Waals surface area contributed by atoms with Crippen molar-refractivity contribution in [3.8, 4) is 23.0 Å². The highest BCUT2D eigenvalue weighted by Crippen LogP contribution is 2.45. The summed E-state index contributed by atoms with van der Waals surface area (Å²) >= 11 is 0. The molecular weight excluding hydrogens is 897 g/mol. The molecule has 17 nitrogen and oxygen atoms in total. The van der Waals surface area contributed by atoms with E-state index in [2.05, 4.69) is 28.2 Å². The van der Waals surface area contributed by atoms with Crippen LogP contribution in [0.1, 0.15) is 120 Å². The van der Waals surface area contributed by atoms with Gasteiger partial charge in [0, 0.05) is 25.3 Å². The molecule has 2 heterocycles. The van der Waals surface area contributed by atoms with E-state index in [1.165, 1.54) is 50.3 Å². The maximum absolute atomic E-state index is 14.9. The zero-order chi connectivity index (χ0) is 50.6. The third-order valence-electron chi connectivity index (χ3n) is 12.1. The van der Waals surface area contributed by atoms with Gasteiger partial charge in [-0.1, -0.05) is 139 Å². The summed E-state index contributed by atoms with van der Waals surface area (Å²) in [5.74, 6) is -4.74. The van der Waals surface area contributed by atoms with Crippen molar-refractivity contribution in [3.63, 3.8) is 0 Å². The Morgan fingerprint density at radius 1 is 0.857 bits per heavy atom. The summed E-state index contributed by atoms with van der Waals surface area (Å²) in [7, 11) is 1.34. The van der Waals surface area contributed by atoms with Gasteiger partial charge in [-0.3, -0.25) is 29.3 Å². The molecule has 6 rings (SSSR count). The van der Waals surface area contributed by atoms with Crippen molar-refractivity contribution in [2.45, 2.75) is 141 Å². The Morgan fingerprint density at radius 2 is 1.50 bits per heavy atom. The summed E-state index contributed by atoms with van der Waals surface area (Å²) in [4.78, 5) is 82.2. The molecule has 0 aromatic heterocycles. The van der Waals surface area contributed by atoms with E-state index >= 15 is 0 Å². The summed E-state index contributed by atoms with van der Waals surface area (Å²) in [6, 6.07) is 17.6. The number of aliphatic carboxylic acids is 1. The van der Waals surface area contributed by atoms with Crippen LogP contribution in [0.2, 0.25) is 0 Å². The van der Waals surface area contributed by atoms with Crippen LogP contribution < -0.4 is 41.2 Å². The number of ether oxygens (including phenoxy) is 3. The Morgan fingerprint density at radius 3 is 2.11 bits per heavy atom. The minimum atomic E-state index is -1.81. The maximum Gasteiger partial charge on any atom is 0.328 e. The number of amides is 4. The van der Waals surface area contributed by atoms with Crippen LogP contribution in [-0.2, 0) is 43.4 Å². The van der Waals surface area contributed by atoms with Crippen LogP contribution in [0.15, 0.2) is 91.0 Å². The van der Waals surface area contributed by atoms with E-state index in [0.717, 1.165) is 44.1 Å². The van der Waals surface area contributed by atoms with Crippen LogP contribution in [-0.4, -0.2) is 70.9 Å². The molecule has 4 aromatic carbocycles. The number of rotatable bonds is 24. The first-order valence-electron chi connectivity index (χ1n) is 24.2. The van der Waals surface area contributed by atoms with Gasteiger partial charge in [-0.2, -0.15) is 0 Å². The molecule has 0 spiro atoms. The summed E-state index contributed by atoms with van der Waals surface area (Å²) in [5, 5.41) is 34.7. The molecule has 376 valence electrons. The van der Waals surface area contributed by atoms with Crippen molar-refractivity contribution in [2.75, 3.05) is 7.11 Å². The van der Waals surface area contributed by atoms with Crippen LogP contribution >= 0.6 is 0 Å². The number of nitro groups is 1. The summed E-state index contributed by atoms with van der Waals surface area (Å²) < 4.78 is 18.4. The number of unbranched alkanes of at least 4 members (excludes halogenated alkanes) is 8. The zero-order valence-electron chi connectivity index (χ0n) is 40.6. The Labute approximate surface area is 409 Å². The first kappa shape index (κ1) is 53.9. The van der Waals surface area contributed by atoms with Gasteiger partial charge < -0.3 is 46.3 Å². The number of carbonyl (C=O) groups is 5. The van der Waals surface area contributed by atoms with Gasteiger partial charge in [-0.25, -0.2) is 4.79 Å². The summed E-state index contributed by atoms with van der Waals surface area (Å²) in [6.45, 7) is 5.94. The molecule has 0 fully saturated rings. The Hall–Kier alpha value is -7.01. The van der Waals surface area contributed by atoms with E-state index < -0.39 is 70.4 Å². The van der Waals surface area contributed by atoms with Gasteiger partial charge in [-0.05, 0) is 59.2 Å². The smallest absolute Gasteiger partial charge is 0.328 e. The minimum Gasteiger partial charge on any atom is -0.490 e. The molecular formula is C53H68N6O11. The first-order chi connectivity index (χ1) is 33.7. The zero-order valence-corrected chi connectivity index (χ0v) is 40.6. The quantitative estimate of drug-likeness (QED) is 0.0224. The Balaban J connectivity index is 1.64. The monoisotopic (exact) mass is 964 g/mol. The third-order valence-corrected chi connectivity index (χ3v) is 12.1. The predicted molar refractivity (Wildman–Crippen MR) is 264 cm³/mol. The number of nitro benzene ring substituents is 1. The normalized spacial score (nSPS) is 16.8. The number of nitrogens with one attached hydrogen (secondary N) is 4. The molecule has 17 heteroatoms. The van der Waals surface area contributed by atoms with Gasteiger partial charge >= 0.3 is 11.7 Å². The van der Waals surface area contributed by atoms with Gasteiger partial charge in [0.05, 0.1) is 24.1 Å². The molecule has 2 aliphatic rings. The summed E-state index contributed by atoms with van der Waals surface area (Å²) in [5.41, 5.74) is 7.43. The lowest BCUT2D eigenvalue weighted by Crippen LogP contribution is -2.58. The average molecular weight is 965 g/mol. The van der Waals surface area contributed by atoms with E-state index in [1.54, 1.807) is 30.3 Å². The van der Waals surface area contributed by atoms with E-state index in [-0.39, 0.29) is 65.9 Å². The van der Waals surface area contributed by atoms with Crippen LogP contribution in [0.4, 0.5) is 5.69 Å². The molecule has 4 amide bonds. The highest BCUT2D eigenvalue weighted by molar-refractivity contribution is 5.94. The molecule has 4 aromatic rings. The lowest BCUT2D eigenvalue weighted by molar-refractivity contribution is -0.385. The molecule has 70 heavy (non-hydrogen) atoms. The van der Waals surface area contributed by atoms with Crippen LogP contribution in [0.3, 0.4) is 0 Å². The van der Waals surface area contributed by atoms with Crippen molar-refractivity contribution < 1.29 is 48.2 Å². The molecule has 7 N–H and O–H groups in total. The minimum absolute atomic E-state index is 0.00490. The van der Waals surface area contributed by atoms with Gasteiger partial charge in [0.15, 0.2) is 17.5 Å². The lowest BCUT2D eigenvalue weighted by atomic mass is 9.96. The second kappa shape index (κ2) is 27.2. The fourth-order valence-corrected chi connectivity index (χ4v) is 8.35. The van der Waals surface area contributed by atoms with Gasteiger partial charge in [0.2, 0.25) is 35.1 Å². The van der Waals surface area contributed by atoms with E-state index in [9.17, 15) is 39.2 Å². The van der Waals surface area contributed by atoms with Crippen molar-refractivity contribution in [1.29, 1.82) is 0 Å². The second-order valence-electron chi connectivity index (χ2n) is 18.2. The van der Waals surface area contributed by atoms with Gasteiger partial charge in [0.1, 0.15) is 18.7 Å². The number of carbonyl (C=O) groups excluding carboxylic acids is 4. The number of hydrogen-bond donors (Lipinski definition) is 6. The molecule has 4 bridgehead atoms. The fourth-order valence-electron chi connectivity index (χ4n) is 8.35. The average Bonchev–Trinajstić information content (AvgIpc) is 3.33. The van der Waals surface area contributed by atoms with Crippen molar-refractivity contribution >= 4 is 35.3 Å². The topological polar surface area (TPSA) is 251 Å². The SMILES string of the molecule is CCCCCCCCCCCC(=O)N[C@H](C(=O)O)[C@@H]1NC(=O)[C@H](Cc2ccccc2)NC(=O)[C@H](NC(=O)[C@H](N)CC(C)C)Cc2ccc(c([N+](=O)[O-])c2)Oc2cc1cc(OCc1ccccc1)c2OC. The Bertz CT molecular complexity index is 2380. The highest BCUT2D eigenvalue weighted by Gasteiger charge is 2.37. The maximum atomic E-state index is 14.9. The Kier molecular flexibility index (Phi) is 21.0. The van der Waals surface area contributed by atoms with Crippen molar-refractivity contribution in [1.82, 2.24) is 21.3 Å². The van der Waals surface area contributed by atoms with Gasteiger partial charge in [-0.15, -0.1) is 0 Å². The second-order valence-corrected chi connectivity index (χ2v) is 18.2. The first-order valence-corrected chi connectivity index (χ1v) is 24.2. The molecule has 0 saturated carbocycles. The lowest BCUT2D eigenvalue weighted by Gasteiger charge is -2.30. The van der Waals surface area contributed by atoms with E-state index in [4.69, 9.17) is 19.9 Å². The van der Waals surface area contributed by atoms with Crippen LogP contribution in [0, 0.1) is 16.0 Å². The number of carboxylic acids is 1. The molecule has 0 aliphatic carbocycles. The number of nitrogens with two attached hydrogens (primary N) is 1. The van der Waals surface area contributed by atoms with E-state index in [0.29, 0.717) is 18.4 Å². The highest BCUT2D eigenvalue weighted by atomic mass is 16.6. The van der Waals surface area contributed by atoms with Crippen molar-refractivity contribution in [2.24, 2.45) is 11.7 Å². The van der Waals surface area contributed by atoms with Crippen LogP contribution in [0.25, 0.3) is 0 Å². The molecule has 2 aliphatic heterocycles. The predicted octanol–water partition coefficient (Wildman–Crippen LogP) is 7.76. The largest absolute Gasteiger partial charge is 0.490 e. The number of methoxy groups -OCH3 is 1. The third kappa shape index (κ3) is 16.3. The van der Waals surface area contributed by atoms with Crippen molar-refractivity contribution in [3.05, 3.63) is 123 Å². The van der Waals surface area contributed by atoms with Crippen LogP contribution in [0.5, 0.6) is 23.0 Å². The molecule has 5 atom stereocenters.